The molecule has 3 rings (SSSR count). The summed E-state index contributed by atoms with van der Waals surface area (Å²) in [5.41, 5.74) is 1.15. The van der Waals surface area contributed by atoms with Crippen LogP contribution < -0.4 is 5.56 Å². The van der Waals surface area contributed by atoms with Crippen LogP contribution in [0.5, 0.6) is 5.75 Å². The average molecular weight is 273 g/mol. The number of phenolic OH excluding ortho intramolecular Hbond substituents is 1. The molecule has 0 amide bonds. The van der Waals surface area contributed by atoms with E-state index < -0.39 is 0 Å². The number of fused-ring (bicyclic) bond motifs is 1. The number of nitrogens with one attached hydrogen (secondary N) is 1. The second-order valence-electron chi connectivity index (χ2n) is 4.00. The summed E-state index contributed by atoms with van der Waals surface area (Å²) in [4.78, 5) is 19.8. The molecule has 0 radical (unpaired) electrons. The fourth-order valence-corrected chi connectivity index (χ4v) is 2.50. The summed E-state index contributed by atoms with van der Waals surface area (Å²) in [6.45, 7) is 0. The summed E-state index contributed by atoms with van der Waals surface area (Å²) in [5, 5.41) is 10.5. The van der Waals surface area contributed by atoms with Crippen molar-refractivity contribution < 1.29 is 5.11 Å². The van der Waals surface area contributed by atoms with Gasteiger partial charge in [-0.05, 0) is 36.6 Å². The highest BCUT2D eigenvalue weighted by atomic mass is 32.2. The number of hydrogen-bond donors (Lipinski definition) is 2. The summed E-state index contributed by atoms with van der Waals surface area (Å²) < 4.78 is 1.54. The third-order valence-corrected chi connectivity index (χ3v) is 3.49. The van der Waals surface area contributed by atoms with Gasteiger partial charge < -0.3 is 10.1 Å². The lowest BCUT2D eigenvalue weighted by atomic mass is 10.3. The molecule has 5 nitrogen and oxygen atoms in total. The van der Waals surface area contributed by atoms with E-state index in [9.17, 15) is 9.90 Å². The number of phenols is 1. The lowest BCUT2D eigenvalue weighted by molar-refractivity contribution is 0.475. The van der Waals surface area contributed by atoms with E-state index >= 15 is 0 Å². The first-order valence-corrected chi connectivity index (χ1v) is 6.86. The Morgan fingerprint density at radius 2 is 2.00 bits per heavy atom. The van der Waals surface area contributed by atoms with Crippen molar-refractivity contribution in [1.82, 2.24) is 14.5 Å². The highest BCUT2D eigenvalue weighted by Crippen LogP contribution is 2.20. The lowest BCUT2D eigenvalue weighted by Gasteiger charge is -2.10. The van der Waals surface area contributed by atoms with Crippen molar-refractivity contribution in [2.45, 2.75) is 5.16 Å². The van der Waals surface area contributed by atoms with Crippen LogP contribution in [-0.4, -0.2) is 25.9 Å². The summed E-state index contributed by atoms with van der Waals surface area (Å²) in [7, 11) is 0. The molecule has 2 aromatic heterocycles. The van der Waals surface area contributed by atoms with Crippen LogP contribution in [-0.2, 0) is 0 Å². The molecule has 0 aliphatic heterocycles. The Morgan fingerprint density at radius 3 is 2.68 bits per heavy atom. The first-order valence-electron chi connectivity index (χ1n) is 5.64. The van der Waals surface area contributed by atoms with Gasteiger partial charge in [0.15, 0.2) is 5.16 Å². The Labute approximate surface area is 112 Å². The van der Waals surface area contributed by atoms with Crippen LogP contribution in [0.25, 0.3) is 16.7 Å². The summed E-state index contributed by atoms with van der Waals surface area (Å²) >= 11 is 1.40. The van der Waals surface area contributed by atoms with E-state index in [0.717, 1.165) is 0 Å². The highest BCUT2D eigenvalue weighted by molar-refractivity contribution is 7.98. The van der Waals surface area contributed by atoms with Crippen molar-refractivity contribution in [3.63, 3.8) is 0 Å². The Hall–Kier alpha value is -2.21. The Bertz CT molecular complexity index is 790. The number of nitrogens with zero attached hydrogens (tertiary/aromatic N) is 2. The quantitative estimate of drug-likeness (QED) is 0.554. The minimum atomic E-state index is -0.124. The Morgan fingerprint density at radius 1 is 1.26 bits per heavy atom. The zero-order valence-corrected chi connectivity index (χ0v) is 10.9. The Balaban J connectivity index is 2.35. The maximum Gasteiger partial charge on any atom is 0.268 e. The van der Waals surface area contributed by atoms with Crippen LogP contribution in [0.1, 0.15) is 0 Å². The van der Waals surface area contributed by atoms with Crippen LogP contribution in [0, 0.1) is 0 Å². The first kappa shape index (κ1) is 11.9. The molecule has 0 bridgehead atoms. The maximum absolute atomic E-state index is 12.5. The number of aromatic amines is 1. The van der Waals surface area contributed by atoms with Crippen molar-refractivity contribution in [1.29, 1.82) is 0 Å². The normalized spacial score (nSPS) is 11.0. The van der Waals surface area contributed by atoms with Gasteiger partial charge in [0, 0.05) is 6.20 Å². The van der Waals surface area contributed by atoms with Crippen molar-refractivity contribution in [2.24, 2.45) is 0 Å². The molecule has 1 aromatic carbocycles. The van der Waals surface area contributed by atoms with E-state index in [-0.39, 0.29) is 11.3 Å². The van der Waals surface area contributed by atoms with Gasteiger partial charge in [-0.2, -0.15) is 0 Å². The number of rotatable bonds is 2. The van der Waals surface area contributed by atoms with Gasteiger partial charge in [0.1, 0.15) is 11.4 Å². The number of hydrogen-bond acceptors (Lipinski definition) is 4. The van der Waals surface area contributed by atoms with Gasteiger partial charge in [0.2, 0.25) is 0 Å². The van der Waals surface area contributed by atoms with Crippen LogP contribution >= 0.6 is 11.8 Å². The molecule has 3 aromatic rings. The van der Waals surface area contributed by atoms with E-state index in [0.29, 0.717) is 21.9 Å². The molecular weight excluding hydrogens is 262 g/mol. The molecule has 0 aliphatic rings. The van der Waals surface area contributed by atoms with Gasteiger partial charge in [0.25, 0.3) is 5.56 Å². The number of H-pyrrole nitrogens is 1. The van der Waals surface area contributed by atoms with Crippen molar-refractivity contribution in [3.8, 4) is 11.4 Å². The molecule has 0 spiro atoms. The van der Waals surface area contributed by atoms with E-state index in [1.54, 1.807) is 41.1 Å². The molecule has 0 fully saturated rings. The van der Waals surface area contributed by atoms with E-state index in [1.807, 2.05) is 6.26 Å². The van der Waals surface area contributed by atoms with Crippen LogP contribution in [0.15, 0.2) is 46.5 Å². The fourth-order valence-electron chi connectivity index (χ4n) is 1.94. The second-order valence-corrected chi connectivity index (χ2v) is 4.77. The largest absolute Gasteiger partial charge is 0.508 e. The third-order valence-electron chi connectivity index (χ3n) is 2.85. The average Bonchev–Trinajstić information content (AvgIpc) is 2.88. The van der Waals surface area contributed by atoms with Gasteiger partial charge in [-0.1, -0.05) is 11.8 Å². The fraction of sp³-hybridized carbons (Fsp3) is 0.0769. The van der Waals surface area contributed by atoms with Crippen molar-refractivity contribution in [3.05, 3.63) is 46.9 Å². The molecule has 2 N–H and O–H groups in total. The molecule has 96 valence electrons. The number of aromatic nitrogens is 3. The number of benzene rings is 1. The van der Waals surface area contributed by atoms with Crippen LogP contribution in [0.3, 0.4) is 0 Å². The summed E-state index contributed by atoms with van der Waals surface area (Å²) in [6, 6.07) is 8.19. The van der Waals surface area contributed by atoms with Crippen LogP contribution in [0.2, 0.25) is 0 Å². The number of aromatic hydroxyl groups is 1. The molecule has 0 aliphatic carbocycles. The van der Waals surface area contributed by atoms with Gasteiger partial charge in [-0.15, -0.1) is 0 Å². The molecular formula is C13H11N3O2S. The minimum absolute atomic E-state index is 0.124. The predicted molar refractivity (Wildman–Crippen MR) is 75.1 cm³/mol. The summed E-state index contributed by atoms with van der Waals surface area (Å²) in [5.74, 6) is 0.165. The molecule has 0 unspecified atom stereocenters. The maximum atomic E-state index is 12.5. The zero-order valence-electron chi connectivity index (χ0n) is 10.1. The highest BCUT2D eigenvalue weighted by Gasteiger charge is 2.12. The van der Waals surface area contributed by atoms with Gasteiger partial charge in [-0.25, -0.2) is 4.98 Å². The van der Waals surface area contributed by atoms with E-state index in [4.69, 9.17) is 0 Å². The lowest BCUT2D eigenvalue weighted by Crippen LogP contribution is -2.21. The Kier molecular flexibility index (Phi) is 2.79. The summed E-state index contributed by atoms with van der Waals surface area (Å²) in [6.07, 6.45) is 3.57. The number of thioether (sulfide) groups is 1. The SMILES string of the molecule is CSc1nc2[nH]ccc2c(=O)n1-c1ccc(O)cc1. The smallest absolute Gasteiger partial charge is 0.268 e. The van der Waals surface area contributed by atoms with Crippen LogP contribution in [0.4, 0.5) is 0 Å². The van der Waals surface area contributed by atoms with Gasteiger partial charge >= 0.3 is 0 Å². The van der Waals surface area contributed by atoms with E-state index in [1.165, 1.54) is 11.8 Å². The molecule has 0 atom stereocenters. The van der Waals surface area contributed by atoms with Gasteiger partial charge in [0.05, 0.1) is 11.1 Å². The van der Waals surface area contributed by atoms with Crippen molar-refractivity contribution in [2.75, 3.05) is 6.26 Å². The molecule has 0 saturated carbocycles. The standard InChI is InChI=1S/C13H11N3O2S/c1-19-13-15-11-10(6-7-14-11)12(18)16(13)8-2-4-9(17)5-3-8/h2-7,14,17H,1H3. The predicted octanol–water partition coefficient (Wildman–Crippen LogP) is 2.14. The zero-order chi connectivity index (χ0) is 13.4. The topological polar surface area (TPSA) is 70.9 Å². The second kappa shape index (κ2) is 4.47. The molecule has 2 heterocycles. The molecule has 6 heteroatoms. The molecule has 0 saturated heterocycles. The van der Waals surface area contributed by atoms with Gasteiger partial charge in [-0.3, -0.25) is 9.36 Å². The first-order chi connectivity index (χ1) is 9.20. The van der Waals surface area contributed by atoms with E-state index in [2.05, 4.69) is 9.97 Å². The monoisotopic (exact) mass is 273 g/mol. The van der Waals surface area contributed by atoms with Crippen molar-refractivity contribution >= 4 is 22.8 Å². The minimum Gasteiger partial charge on any atom is -0.508 e. The molecule has 19 heavy (non-hydrogen) atoms. The third kappa shape index (κ3) is 1.90.